The fourth-order valence-electron chi connectivity index (χ4n) is 3.50. The van der Waals surface area contributed by atoms with Crippen LogP contribution in [-0.4, -0.2) is 33.3 Å². The molecule has 0 radical (unpaired) electrons. The van der Waals surface area contributed by atoms with Gasteiger partial charge < -0.3 is 18.6 Å². The van der Waals surface area contributed by atoms with Crippen molar-refractivity contribution in [2.75, 3.05) is 14.2 Å². The first-order chi connectivity index (χ1) is 12.7. The molecule has 4 aromatic heterocycles. The Labute approximate surface area is 152 Å². The average Bonchev–Trinajstić information content (AvgIpc) is 3.19. The van der Waals surface area contributed by atoms with Gasteiger partial charge in [-0.15, -0.1) is 0 Å². The van der Waals surface area contributed by atoms with Crippen LogP contribution in [0.4, 0.5) is 0 Å². The van der Waals surface area contributed by atoms with Crippen molar-refractivity contribution in [3.8, 4) is 22.9 Å². The van der Waals surface area contributed by atoms with E-state index in [1.165, 1.54) is 0 Å². The summed E-state index contributed by atoms with van der Waals surface area (Å²) in [7, 11) is 5.28. The summed E-state index contributed by atoms with van der Waals surface area (Å²) in [6.45, 7) is 3.08. The number of ether oxygens (including phenoxy) is 2. The number of hydrogen-bond donors (Lipinski definition) is 0. The molecule has 4 rings (SSSR count). The van der Waals surface area contributed by atoms with Gasteiger partial charge in [0, 0.05) is 43.0 Å². The first-order valence-corrected chi connectivity index (χ1v) is 8.70. The van der Waals surface area contributed by atoms with E-state index in [0.29, 0.717) is 11.6 Å². The molecular formula is C20H22N4O2. The monoisotopic (exact) mass is 350 g/mol. The second-order valence-electron chi connectivity index (χ2n) is 6.31. The SMILES string of the molecule is CCCn1cc(-c2cc3cccnc3n2C)c2nc(OC)c(OC)cc21. The minimum absolute atomic E-state index is 0.493. The summed E-state index contributed by atoms with van der Waals surface area (Å²) in [4.78, 5) is 9.26. The Morgan fingerprint density at radius 1 is 1.15 bits per heavy atom. The Kier molecular flexibility index (Phi) is 4.03. The van der Waals surface area contributed by atoms with Crippen molar-refractivity contribution in [1.82, 2.24) is 19.1 Å². The highest BCUT2D eigenvalue weighted by Crippen LogP contribution is 2.37. The zero-order valence-electron chi connectivity index (χ0n) is 15.5. The number of hydrogen-bond acceptors (Lipinski definition) is 4. The maximum absolute atomic E-state index is 5.45. The van der Waals surface area contributed by atoms with Crippen LogP contribution in [0.1, 0.15) is 13.3 Å². The number of methoxy groups -OCH3 is 2. The minimum atomic E-state index is 0.493. The van der Waals surface area contributed by atoms with Gasteiger partial charge in [0.1, 0.15) is 11.2 Å². The summed E-state index contributed by atoms with van der Waals surface area (Å²) in [6, 6.07) is 8.19. The van der Waals surface area contributed by atoms with E-state index in [2.05, 4.69) is 39.4 Å². The van der Waals surface area contributed by atoms with Crippen LogP contribution in [0.25, 0.3) is 33.3 Å². The van der Waals surface area contributed by atoms with Gasteiger partial charge in [-0.1, -0.05) is 6.92 Å². The Bertz CT molecular complexity index is 1090. The molecule has 0 aliphatic rings. The van der Waals surface area contributed by atoms with E-state index >= 15 is 0 Å². The molecule has 134 valence electrons. The molecule has 26 heavy (non-hydrogen) atoms. The first-order valence-electron chi connectivity index (χ1n) is 8.70. The summed E-state index contributed by atoms with van der Waals surface area (Å²) in [6.07, 6.45) is 5.01. The van der Waals surface area contributed by atoms with Gasteiger partial charge >= 0.3 is 0 Å². The molecule has 6 heteroatoms. The van der Waals surface area contributed by atoms with Crippen molar-refractivity contribution in [3.05, 3.63) is 36.7 Å². The number of nitrogens with zero attached hydrogens (tertiary/aromatic N) is 4. The molecule has 0 atom stereocenters. The molecule has 0 aliphatic heterocycles. The lowest BCUT2D eigenvalue weighted by molar-refractivity contribution is 0.344. The average molecular weight is 350 g/mol. The Balaban J connectivity index is 2.03. The van der Waals surface area contributed by atoms with Crippen LogP contribution in [0.3, 0.4) is 0 Å². The molecule has 0 N–H and O–H groups in total. The molecule has 0 aliphatic carbocycles. The Morgan fingerprint density at radius 3 is 2.69 bits per heavy atom. The molecule has 0 unspecified atom stereocenters. The zero-order valence-corrected chi connectivity index (χ0v) is 15.5. The van der Waals surface area contributed by atoms with Gasteiger partial charge in [-0.25, -0.2) is 9.97 Å². The van der Waals surface area contributed by atoms with Gasteiger partial charge in [0.15, 0.2) is 5.75 Å². The van der Waals surface area contributed by atoms with Crippen LogP contribution in [0.5, 0.6) is 11.6 Å². The minimum Gasteiger partial charge on any atom is -0.491 e. The van der Waals surface area contributed by atoms with Gasteiger partial charge in [-0.05, 0) is 24.6 Å². The molecule has 6 nitrogen and oxygen atoms in total. The first kappa shape index (κ1) is 16.4. The summed E-state index contributed by atoms with van der Waals surface area (Å²) < 4.78 is 15.2. The number of fused-ring (bicyclic) bond motifs is 2. The third-order valence-corrected chi connectivity index (χ3v) is 4.73. The fraction of sp³-hybridized carbons (Fsp3) is 0.300. The van der Waals surface area contributed by atoms with Crippen molar-refractivity contribution in [2.24, 2.45) is 7.05 Å². The van der Waals surface area contributed by atoms with E-state index in [4.69, 9.17) is 14.5 Å². The van der Waals surface area contributed by atoms with E-state index in [-0.39, 0.29) is 0 Å². The van der Waals surface area contributed by atoms with E-state index in [1.807, 2.05) is 25.4 Å². The van der Waals surface area contributed by atoms with Crippen LogP contribution in [-0.2, 0) is 13.6 Å². The molecule has 0 amide bonds. The molecule has 0 saturated heterocycles. The van der Waals surface area contributed by atoms with Crippen molar-refractivity contribution in [1.29, 1.82) is 0 Å². The lowest BCUT2D eigenvalue weighted by Crippen LogP contribution is -1.97. The lowest BCUT2D eigenvalue weighted by Gasteiger charge is -2.08. The third kappa shape index (κ3) is 2.41. The lowest BCUT2D eigenvalue weighted by atomic mass is 10.2. The fourth-order valence-corrected chi connectivity index (χ4v) is 3.50. The van der Waals surface area contributed by atoms with Gasteiger partial charge in [0.25, 0.3) is 5.88 Å². The predicted octanol–water partition coefficient (Wildman–Crippen LogP) is 4.02. The Morgan fingerprint density at radius 2 is 2.00 bits per heavy atom. The van der Waals surface area contributed by atoms with Crippen LogP contribution in [0.15, 0.2) is 36.7 Å². The van der Waals surface area contributed by atoms with Crippen LogP contribution in [0, 0.1) is 0 Å². The number of pyridine rings is 2. The number of aromatic nitrogens is 4. The smallest absolute Gasteiger partial charge is 0.257 e. The van der Waals surface area contributed by atoms with Crippen molar-refractivity contribution in [2.45, 2.75) is 19.9 Å². The van der Waals surface area contributed by atoms with Crippen molar-refractivity contribution >= 4 is 22.1 Å². The summed E-state index contributed by atoms with van der Waals surface area (Å²) in [5.74, 6) is 1.13. The standard InChI is InChI=1S/C20H22N4O2/c1-5-9-24-12-14(15-10-13-7-6-8-21-19(13)23(15)2)18-16(24)11-17(25-3)20(22-18)26-4/h6-8,10-12H,5,9H2,1-4H3. The van der Waals surface area contributed by atoms with E-state index in [0.717, 1.165) is 46.3 Å². The summed E-state index contributed by atoms with van der Waals surface area (Å²) in [5.41, 5.74) is 5.05. The Hall–Kier alpha value is -3.02. The number of rotatable bonds is 5. The summed E-state index contributed by atoms with van der Waals surface area (Å²) >= 11 is 0. The van der Waals surface area contributed by atoms with Gasteiger partial charge in [0.2, 0.25) is 0 Å². The highest BCUT2D eigenvalue weighted by atomic mass is 16.5. The van der Waals surface area contributed by atoms with Crippen molar-refractivity contribution in [3.63, 3.8) is 0 Å². The second kappa shape index (κ2) is 6.37. The molecule has 0 fully saturated rings. The predicted molar refractivity (Wildman–Crippen MR) is 103 cm³/mol. The molecular weight excluding hydrogens is 328 g/mol. The second-order valence-corrected chi connectivity index (χ2v) is 6.31. The molecule has 4 heterocycles. The quantitative estimate of drug-likeness (QED) is 0.545. The largest absolute Gasteiger partial charge is 0.491 e. The van der Waals surface area contributed by atoms with Crippen molar-refractivity contribution < 1.29 is 9.47 Å². The topological polar surface area (TPSA) is 54.1 Å². The maximum atomic E-state index is 5.45. The molecule has 0 aromatic carbocycles. The highest BCUT2D eigenvalue weighted by Gasteiger charge is 2.19. The zero-order chi connectivity index (χ0) is 18.3. The molecule has 4 aromatic rings. The molecule has 0 bridgehead atoms. The van der Waals surface area contributed by atoms with Crippen LogP contribution in [0.2, 0.25) is 0 Å². The normalized spacial score (nSPS) is 11.4. The maximum Gasteiger partial charge on any atom is 0.257 e. The van der Waals surface area contributed by atoms with E-state index in [9.17, 15) is 0 Å². The van der Waals surface area contributed by atoms with Gasteiger partial charge in [-0.3, -0.25) is 0 Å². The number of aryl methyl sites for hydroxylation is 2. The third-order valence-electron chi connectivity index (χ3n) is 4.73. The molecule has 0 spiro atoms. The van der Waals surface area contributed by atoms with Gasteiger partial charge in [-0.2, -0.15) is 0 Å². The summed E-state index contributed by atoms with van der Waals surface area (Å²) in [5, 5.41) is 1.11. The van der Waals surface area contributed by atoms with E-state index < -0.39 is 0 Å². The van der Waals surface area contributed by atoms with Crippen LogP contribution >= 0.6 is 0 Å². The van der Waals surface area contributed by atoms with Crippen LogP contribution < -0.4 is 9.47 Å². The molecule has 0 saturated carbocycles. The highest BCUT2D eigenvalue weighted by molar-refractivity contribution is 5.96. The van der Waals surface area contributed by atoms with Gasteiger partial charge in [0.05, 0.1) is 25.4 Å². The van der Waals surface area contributed by atoms with E-state index in [1.54, 1.807) is 14.2 Å².